The second-order valence-electron chi connectivity index (χ2n) is 5.56. The predicted molar refractivity (Wildman–Crippen MR) is 94.6 cm³/mol. The fourth-order valence-electron chi connectivity index (χ4n) is 2.40. The van der Waals surface area contributed by atoms with Gasteiger partial charge in [0.1, 0.15) is 30.8 Å². The third-order valence-electron chi connectivity index (χ3n) is 3.64. The van der Waals surface area contributed by atoms with Gasteiger partial charge < -0.3 is 24.9 Å². The van der Waals surface area contributed by atoms with Crippen molar-refractivity contribution >= 4 is 10.9 Å². The molecule has 2 aromatic carbocycles. The zero-order valence-electron chi connectivity index (χ0n) is 13.4. The molecule has 1 aromatic heterocycles. The molecule has 0 radical (unpaired) electrons. The number of hydrogen-bond acceptors (Lipinski definition) is 4. The van der Waals surface area contributed by atoms with Crippen molar-refractivity contribution in [1.29, 1.82) is 0 Å². The van der Waals surface area contributed by atoms with Crippen LogP contribution in [-0.2, 0) is 0 Å². The Bertz CT molecular complexity index is 742. The second-order valence-corrected chi connectivity index (χ2v) is 5.56. The molecule has 0 spiro atoms. The number of para-hydroxylation sites is 1. The van der Waals surface area contributed by atoms with Gasteiger partial charge in [0.25, 0.3) is 0 Å². The van der Waals surface area contributed by atoms with Crippen molar-refractivity contribution in [2.75, 3.05) is 26.3 Å². The summed E-state index contributed by atoms with van der Waals surface area (Å²) < 4.78 is 11.2. The van der Waals surface area contributed by atoms with Gasteiger partial charge in [-0.3, -0.25) is 0 Å². The lowest BCUT2D eigenvalue weighted by atomic mass is 10.2. The molecular formula is C19H22N2O3. The van der Waals surface area contributed by atoms with Crippen LogP contribution >= 0.6 is 0 Å². The predicted octanol–water partition coefficient (Wildman–Crippen LogP) is 2.58. The number of aliphatic hydroxyl groups excluding tert-OH is 1. The van der Waals surface area contributed by atoms with E-state index in [1.54, 1.807) is 0 Å². The molecule has 0 saturated carbocycles. The number of H-pyrrole nitrogens is 1. The molecule has 3 N–H and O–H groups in total. The van der Waals surface area contributed by atoms with Gasteiger partial charge >= 0.3 is 0 Å². The summed E-state index contributed by atoms with van der Waals surface area (Å²) in [6.07, 6.45) is 1.36. The summed E-state index contributed by atoms with van der Waals surface area (Å²) in [5, 5.41) is 14.2. The van der Waals surface area contributed by atoms with E-state index in [9.17, 15) is 5.11 Å². The van der Waals surface area contributed by atoms with Gasteiger partial charge in [0.2, 0.25) is 0 Å². The summed E-state index contributed by atoms with van der Waals surface area (Å²) in [6.45, 7) is 1.94. The number of ether oxygens (including phenoxy) is 2. The van der Waals surface area contributed by atoms with Crippen LogP contribution in [0.3, 0.4) is 0 Å². The fraction of sp³-hybridized carbons (Fsp3) is 0.263. The van der Waals surface area contributed by atoms with E-state index in [1.807, 2.05) is 60.8 Å². The Balaban J connectivity index is 1.30. The molecule has 24 heavy (non-hydrogen) atoms. The molecule has 3 aromatic rings. The van der Waals surface area contributed by atoms with Crippen molar-refractivity contribution in [3.05, 3.63) is 60.8 Å². The van der Waals surface area contributed by atoms with Crippen molar-refractivity contribution in [3.8, 4) is 11.5 Å². The molecule has 0 bridgehead atoms. The van der Waals surface area contributed by atoms with Crippen LogP contribution in [0.25, 0.3) is 10.9 Å². The Morgan fingerprint density at radius 3 is 2.75 bits per heavy atom. The molecule has 1 atom stereocenters. The summed E-state index contributed by atoms with van der Waals surface area (Å²) in [5.41, 5.74) is 1.10. The average molecular weight is 326 g/mol. The van der Waals surface area contributed by atoms with E-state index in [1.165, 1.54) is 0 Å². The van der Waals surface area contributed by atoms with Crippen molar-refractivity contribution < 1.29 is 14.6 Å². The van der Waals surface area contributed by atoms with E-state index in [-0.39, 0.29) is 6.61 Å². The van der Waals surface area contributed by atoms with Gasteiger partial charge in [0, 0.05) is 30.2 Å². The normalized spacial score (nSPS) is 12.2. The Hall–Kier alpha value is -2.50. The first-order chi connectivity index (χ1) is 11.8. The summed E-state index contributed by atoms with van der Waals surface area (Å²) >= 11 is 0. The Kier molecular flexibility index (Phi) is 5.71. The number of hydrogen-bond donors (Lipinski definition) is 3. The zero-order valence-corrected chi connectivity index (χ0v) is 13.4. The van der Waals surface area contributed by atoms with Crippen molar-refractivity contribution in [1.82, 2.24) is 10.3 Å². The van der Waals surface area contributed by atoms with E-state index in [0.717, 1.165) is 22.4 Å². The molecule has 0 aliphatic carbocycles. The van der Waals surface area contributed by atoms with Crippen LogP contribution in [-0.4, -0.2) is 42.5 Å². The highest BCUT2D eigenvalue weighted by molar-refractivity contribution is 5.80. The molecule has 0 unspecified atom stereocenters. The summed E-state index contributed by atoms with van der Waals surface area (Å²) in [5.74, 6) is 1.61. The number of fused-ring (bicyclic) bond motifs is 1. The van der Waals surface area contributed by atoms with Crippen LogP contribution in [0.1, 0.15) is 0 Å². The molecule has 3 rings (SSSR count). The molecule has 126 valence electrons. The zero-order chi connectivity index (χ0) is 16.6. The van der Waals surface area contributed by atoms with E-state index < -0.39 is 6.10 Å². The highest BCUT2D eigenvalue weighted by atomic mass is 16.5. The van der Waals surface area contributed by atoms with Gasteiger partial charge in [-0.05, 0) is 36.4 Å². The van der Waals surface area contributed by atoms with Crippen molar-refractivity contribution in [2.45, 2.75) is 6.10 Å². The van der Waals surface area contributed by atoms with E-state index in [0.29, 0.717) is 19.7 Å². The summed E-state index contributed by atoms with van der Waals surface area (Å²) in [6, 6.07) is 17.5. The van der Waals surface area contributed by atoms with Crippen molar-refractivity contribution in [2.24, 2.45) is 0 Å². The number of nitrogens with one attached hydrogen (secondary N) is 2. The standard InChI is InChI=1S/C19H22N2O3/c22-16(14-24-17-4-2-1-3-5-17)13-20-10-11-23-18-6-7-19-15(12-18)8-9-21-19/h1-9,12,16,20-22H,10-11,13-14H2/t16-/m0/s1. The number of aromatic amines is 1. The van der Waals surface area contributed by atoms with Crippen LogP contribution in [0.2, 0.25) is 0 Å². The Labute approximate surface area is 141 Å². The molecule has 1 heterocycles. The minimum absolute atomic E-state index is 0.266. The third kappa shape index (κ3) is 4.75. The van der Waals surface area contributed by atoms with Gasteiger partial charge in [-0.1, -0.05) is 18.2 Å². The van der Waals surface area contributed by atoms with E-state index in [2.05, 4.69) is 10.3 Å². The highest BCUT2D eigenvalue weighted by Gasteiger charge is 2.05. The van der Waals surface area contributed by atoms with Gasteiger partial charge in [0.05, 0.1) is 0 Å². The number of benzene rings is 2. The maximum Gasteiger partial charge on any atom is 0.120 e. The van der Waals surface area contributed by atoms with Crippen LogP contribution in [0.15, 0.2) is 60.8 Å². The van der Waals surface area contributed by atoms with Gasteiger partial charge in [-0.2, -0.15) is 0 Å². The topological polar surface area (TPSA) is 66.5 Å². The minimum Gasteiger partial charge on any atom is -0.492 e. The molecule has 0 aliphatic heterocycles. The van der Waals surface area contributed by atoms with Crippen LogP contribution in [0, 0.1) is 0 Å². The quantitative estimate of drug-likeness (QED) is 0.529. The van der Waals surface area contributed by atoms with Crippen LogP contribution in [0.4, 0.5) is 0 Å². The third-order valence-corrected chi connectivity index (χ3v) is 3.64. The van der Waals surface area contributed by atoms with Gasteiger partial charge in [-0.15, -0.1) is 0 Å². The molecule has 5 heteroatoms. The lowest BCUT2D eigenvalue weighted by molar-refractivity contribution is 0.105. The smallest absolute Gasteiger partial charge is 0.120 e. The molecule has 0 fully saturated rings. The van der Waals surface area contributed by atoms with Gasteiger partial charge in [0.15, 0.2) is 0 Å². The molecule has 5 nitrogen and oxygen atoms in total. The molecule has 0 amide bonds. The number of rotatable bonds is 9. The van der Waals surface area contributed by atoms with E-state index >= 15 is 0 Å². The van der Waals surface area contributed by atoms with Gasteiger partial charge in [-0.25, -0.2) is 0 Å². The first-order valence-corrected chi connectivity index (χ1v) is 8.08. The Morgan fingerprint density at radius 2 is 1.88 bits per heavy atom. The first-order valence-electron chi connectivity index (χ1n) is 8.08. The van der Waals surface area contributed by atoms with Crippen LogP contribution < -0.4 is 14.8 Å². The second kappa shape index (κ2) is 8.38. The molecule has 0 aliphatic rings. The lowest BCUT2D eigenvalue weighted by Gasteiger charge is -2.13. The highest BCUT2D eigenvalue weighted by Crippen LogP contribution is 2.19. The fourth-order valence-corrected chi connectivity index (χ4v) is 2.40. The average Bonchev–Trinajstić information content (AvgIpc) is 3.08. The minimum atomic E-state index is -0.554. The maximum atomic E-state index is 9.89. The van der Waals surface area contributed by atoms with Crippen molar-refractivity contribution in [3.63, 3.8) is 0 Å². The molecular weight excluding hydrogens is 304 g/mol. The Morgan fingerprint density at radius 1 is 1.00 bits per heavy atom. The van der Waals surface area contributed by atoms with E-state index in [4.69, 9.17) is 9.47 Å². The monoisotopic (exact) mass is 326 g/mol. The first kappa shape index (κ1) is 16.4. The van der Waals surface area contributed by atoms with Crippen LogP contribution in [0.5, 0.6) is 11.5 Å². The summed E-state index contributed by atoms with van der Waals surface area (Å²) in [7, 11) is 0. The molecule has 0 saturated heterocycles. The number of aliphatic hydroxyl groups is 1. The SMILES string of the molecule is O[C@@H](CNCCOc1ccc2[nH]ccc2c1)COc1ccccc1. The largest absolute Gasteiger partial charge is 0.492 e. The number of aromatic nitrogens is 1. The lowest BCUT2D eigenvalue weighted by Crippen LogP contribution is -2.33. The maximum absolute atomic E-state index is 9.89. The summed E-state index contributed by atoms with van der Waals surface area (Å²) in [4.78, 5) is 3.15.